The molecule has 2 aromatic rings. The van der Waals surface area contributed by atoms with Crippen LogP contribution in [0.3, 0.4) is 0 Å². The molecule has 1 aromatic carbocycles. The number of hydrogen-bond donors (Lipinski definition) is 2. The van der Waals surface area contributed by atoms with Gasteiger partial charge in [-0.2, -0.15) is 0 Å². The van der Waals surface area contributed by atoms with E-state index >= 15 is 0 Å². The molecule has 1 aliphatic heterocycles. The number of methoxy groups -OCH3 is 1. The third-order valence-corrected chi connectivity index (χ3v) is 4.73. The standard InChI is InChI=1S/C16H22ClN3O2.2ClH/c1-22-14-7-6-12-16(15(14)17)20(10-19-12)9-3-4-11-13(21)5-2-8-18-11;;/h6-7,10-11,13,18,21H,2-5,8-9H2,1H3;2*1H/t11-,13+;;/m1../s1. The van der Waals surface area contributed by atoms with Crippen molar-refractivity contribution < 1.29 is 9.84 Å². The molecule has 0 aliphatic carbocycles. The number of imidazole rings is 1. The summed E-state index contributed by atoms with van der Waals surface area (Å²) in [5.41, 5.74) is 1.79. The number of nitrogens with zero attached hydrogens (tertiary/aromatic N) is 2. The molecule has 2 atom stereocenters. The van der Waals surface area contributed by atoms with Crippen molar-refractivity contribution >= 4 is 47.4 Å². The van der Waals surface area contributed by atoms with E-state index in [0.29, 0.717) is 10.8 Å². The van der Waals surface area contributed by atoms with Crippen molar-refractivity contribution in [2.75, 3.05) is 13.7 Å². The summed E-state index contributed by atoms with van der Waals surface area (Å²) in [6.45, 7) is 1.83. The molecule has 1 aromatic heterocycles. The maximum Gasteiger partial charge on any atom is 0.139 e. The molecule has 0 bridgehead atoms. The van der Waals surface area contributed by atoms with Gasteiger partial charge in [-0.3, -0.25) is 0 Å². The first kappa shape index (κ1) is 21.3. The van der Waals surface area contributed by atoms with Gasteiger partial charge in [-0.15, -0.1) is 24.8 Å². The first-order chi connectivity index (χ1) is 10.7. The molecule has 0 saturated carbocycles. The van der Waals surface area contributed by atoms with Crippen molar-refractivity contribution in [3.63, 3.8) is 0 Å². The molecule has 8 heteroatoms. The van der Waals surface area contributed by atoms with E-state index in [9.17, 15) is 5.11 Å². The fourth-order valence-electron chi connectivity index (χ4n) is 3.14. The third-order valence-electron chi connectivity index (χ3n) is 4.36. The summed E-state index contributed by atoms with van der Waals surface area (Å²) in [5, 5.41) is 14.0. The second kappa shape index (κ2) is 9.68. The van der Waals surface area contributed by atoms with Crippen LogP contribution in [-0.4, -0.2) is 40.5 Å². The zero-order valence-corrected chi connectivity index (χ0v) is 16.0. The Morgan fingerprint density at radius 2 is 2.21 bits per heavy atom. The largest absolute Gasteiger partial charge is 0.495 e. The number of ether oxygens (including phenoxy) is 1. The molecule has 3 rings (SSSR count). The summed E-state index contributed by atoms with van der Waals surface area (Å²) in [7, 11) is 1.61. The number of aliphatic hydroxyl groups excluding tert-OH is 1. The van der Waals surface area contributed by atoms with Gasteiger partial charge in [-0.05, 0) is 44.4 Å². The van der Waals surface area contributed by atoms with Crippen LogP contribution in [0.5, 0.6) is 5.75 Å². The van der Waals surface area contributed by atoms with Crippen molar-refractivity contribution in [3.8, 4) is 5.75 Å². The van der Waals surface area contributed by atoms with Crippen LogP contribution in [0, 0.1) is 0 Å². The summed E-state index contributed by atoms with van der Waals surface area (Å²) < 4.78 is 7.34. The lowest BCUT2D eigenvalue weighted by Crippen LogP contribution is -2.44. The molecule has 136 valence electrons. The zero-order valence-electron chi connectivity index (χ0n) is 13.6. The van der Waals surface area contributed by atoms with Crippen LogP contribution in [0.4, 0.5) is 0 Å². The van der Waals surface area contributed by atoms with Crippen molar-refractivity contribution in [1.82, 2.24) is 14.9 Å². The van der Waals surface area contributed by atoms with Gasteiger partial charge in [-0.25, -0.2) is 4.98 Å². The predicted molar refractivity (Wildman–Crippen MR) is 102 cm³/mol. The number of nitrogens with one attached hydrogen (secondary N) is 1. The minimum Gasteiger partial charge on any atom is -0.495 e. The zero-order chi connectivity index (χ0) is 15.5. The van der Waals surface area contributed by atoms with Crippen LogP contribution in [0.1, 0.15) is 25.7 Å². The molecular weight excluding hydrogens is 373 g/mol. The fraction of sp³-hybridized carbons (Fsp3) is 0.562. The van der Waals surface area contributed by atoms with Crippen LogP contribution in [0.25, 0.3) is 11.0 Å². The van der Waals surface area contributed by atoms with Gasteiger partial charge < -0.3 is 19.7 Å². The Balaban J connectivity index is 0.00000144. The molecule has 1 aliphatic rings. The topological polar surface area (TPSA) is 59.3 Å². The van der Waals surface area contributed by atoms with Gasteiger partial charge in [0.15, 0.2) is 0 Å². The second-order valence-corrected chi connectivity index (χ2v) is 6.18. The van der Waals surface area contributed by atoms with Crippen LogP contribution in [0.15, 0.2) is 18.5 Å². The van der Waals surface area contributed by atoms with Gasteiger partial charge in [0.2, 0.25) is 0 Å². The Morgan fingerprint density at radius 3 is 2.92 bits per heavy atom. The van der Waals surface area contributed by atoms with E-state index in [1.54, 1.807) is 7.11 Å². The van der Waals surface area contributed by atoms with Gasteiger partial charge in [-0.1, -0.05) is 11.6 Å². The second-order valence-electron chi connectivity index (χ2n) is 5.80. The van der Waals surface area contributed by atoms with Gasteiger partial charge >= 0.3 is 0 Å². The normalized spacial score (nSPS) is 20.3. The maximum atomic E-state index is 9.99. The SMILES string of the molecule is COc1ccc2ncn(CCC[C@H]3NCCC[C@@H]3O)c2c1Cl.Cl.Cl. The quantitative estimate of drug-likeness (QED) is 0.813. The monoisotopic (exact) mass is 395 g/mol. The lowest BCUT2D eigenvalue weighted by atomic mass is 9.97. The number of hydrogen-bond acceptors (Lipinski definition) is 4. The van der Waals surface area contributed by atoms with Crippen molar-refractivity contribution in [2.24, 2.45) is 0 Å². The Labute approximate surface area is 159 Å². The molecule has 1 saturated heterocycles. The molecule has 0 spiro atoms. The molecule has 5 nitrogen and oxygen atoms in total. The summed E-state index contributed by atoms with van der Waals surface area (Å²) in [5.74, 6) is 0.667. The van der Waals surface area contributed by atoms with E-state index < -0.39 is 0 Å². The molecule has 24 heavy (non-hydrogen) atoms. The molecule has 1 fully saturated rings. The van der Waals surface area contributed by atoms with E-state index in [1.807, 2.05) is 18.5 Å². The number of aromatic nitrogens is 2. The summed E-state index contributed by atoms with van der Waals surface area (Å²) in [4.78, 5) is 4.39. The summed E-state index contributed by atoms with van der Waals surface area (Å²) >= 11 is 6.40. The number of piperidine rings is 1. The number of fused-ring (bicyclic) bond motifs is 1. The van der Waals surface area contributed by atoms with Gasteiger partial charge in [0.1, 0.15) is 10.8 Å². The van der Waals surface area contributed by atoms with Crippen LogP contribution in [-0.2, 0) is 6.54 Å². The maximum absolute atomic E-state index is 9.99. The smallest absolute Gasteiger partial charge is 0.139 e. The number of benzene rings is 1. The van der Waals surface area contributed by atoms with Crippen LogP contribution >= 0.6 is 36.4 Å². The molecule has 0 amide bonds. The Bertz CT molecular complexity index is 651. The molecule has 0 unspecified atom stereocenters. The molecule has 2 heterocycles. The van der Waals surface area contributed by atoms with E-state index in [4.69, 9.17) is 16.3 Å². The number of halogens is 3. The van der Waals surface area contributed by atoms with E-state index in [1.165, 1.54) is 0 Å². The minimum atomic E-state index is -0.225. The van der Waals surface area contributed by atoms with Crippen molar-refractivity contribution in [3.05, 3.63) is 23.5 Å². The summed E-state index contributed by atoms with van der Waals surface area (Å²) in [6.07, 6.45) is 5.46. The van der Waals surface area contributed by atoms with E-state index in [0.717, 1.165) is 49.8 Å². The number of rotatable bonds is 5. The molecular formula is C16H24Cl3N3O2. The van der Waals surface area contributed by atoms with Gasteiger partial charge in [0.05, 0.1) is 30.6 Å². The van der Waals surface area contributed by atoms with Gasteiger partial charge in [0, 0.05) is 12.6 Å². The Kier molecular flexibility index (Phi) is 8.60. The lowest BCUT2D eigenvalue weighted by Gasteiger charge is -2.29. The highest BCUT2D eigenvalue weighted by atomic mass is 35.5. The highest BCUT2D eigenvalue weighted by Gasteiger charge is 2.21. The number of aliphatic hydroxyl groups is 1. The average Bonchev–Trinajstić information content (AvgIpc) is 2.94. The predicted octanol–water partition coefficient (Wildman–Crippen LogP) is 3.44. The Morgan fingerprint density at radius 1 is 1.42 bits per heavy atom. The van der Waals surface area contributed by atoms with Crippen molar-refractivity contribution in [2.45, 2.75) is 44.4 Å². The molecule has 0 radical (unpaired) electrons. The number of aryl methyl sites for hydroxylation is 1. The lowest BCUT2D eigenvalue weighted by molar-refractivity contribution is 0.0909. The third kappa shape index (κ3) is 4.46. The first-order valence-corrected chi connectivity index (χ1v) is 8.17. The van der Waals surface area contributed by atoms with Crippen LogP contribution < -0.4 is 10.1 Å². The fourth-order valence-corrected chi connectivity index (χ4v) is 3.49. The van der Waals surface area contributed by atoms with E-state index in [-0.39, 0.29) is 37.0 Å². The van der Waals surface area contributed by atoms with Gasteiger partial charge in [0.25, 0.3) is 0 Å². The highest BCUT2D eigenvalue weighted by Crippen LogP contribution is 2.32. The van der Waals surface area contributed by atoms with Crippen LogP contribution in [0.2, 0.25) is 5.02 Å². The molecule has 2 N–H and O–H groups in total. The highest BCUT2D eigenvalue weighted by molar-refractivity contribution is 6.36. The van der Waals surface area contributed by atoms with E-state index in [2.05, 4.69) is 14.9 Å². The first-order valence-electron chi connectivity index (χ1n) is 7.79. The van der Waals surface area contributed by atoms with Crippen molar-refractivity contribution in [1.29, 1.82) is 0 Å². The average molecular weight is 397 g/mol. The minimum absolute atomic E-state index is 0. The summed E-state index contributed by atoms with van der Waals surface area (Å²) in [6, 6.07) is 3.96. The Hall–Kier alpha value is -0.720.